The van der Waals surface area contributed by atoms with E-state index in [1.54, 1.807) is 55.6 Å². The first-order valence-electron chi connectivity index (χ1n) is 8.04. The van der Waals surface area contributed by atoms with Crippen LogP contribution < -0.4 is 15.8 Å². The lowest BCUT2D eigenvalue weighted by molar-refractivity contribution is 0.0997. The second-order valence-electron chi connectivity index (χ2n) is 5.76. The molecule has 0 saturated carbocycles. The Labute approximate surface area is 164 Å². The molecule has 0 unspecified atom stereocenters. The van der Waals surface area contributed by atoms with Gasteiger partial charge in [-0.15, -0.1) is 0 Å². The van der Waals surface area contributed by atoms with Crippen molar-refractivity contribution in [2.45, 2.75) is 6.92 Å². The first-order valence-corrected chi connectivity index (χ1v) is 8.83. The van der Waals surface area contributed by atoms with Crippen LogP contribution in [0.5, 0.6) is 11.6 Å². The van der Waals surface area contributed by atoms with E-state index in [0.717, 1.165) is 4.47 Å². The fraction of sp³-hybridized carbons (Fsp3) is 0.0500. The third-order valence-corrected chi connectivity index (χ3v) is 4.32. The third kappa shape index (κ3) is 4.51. The minimum absolute atomic E-state index is 0.197. The van der Waals surface area contributed by atoms with Crippen LogP contribution in [0.3, 0.4) is 0 Å². The quantitative estimate of drug-likeness (QED) is 0.636. The number of ether oxygens (including phenoxy) is 1. The van der Waals surface area contributed by atoms with Gasteiger partial charge in [-0.25, -0.2) is 4.98 Å². The fourth-order valence-corrected chi connectivity index (χ4v) is 2.74. The number of aryl methyl sites for hydroxylation is 1. The standard InChI is InChI=1S/C20H16BrN3O3/c1-12-11-14(6-9-16(12)18(22)25)24-19(26)17-3-2-10-23-20(17)27-15-7-4-13(21)5-8-15/h2-11H,1H3,(H2,22,25)(H,24,26). The summed E-state index contributed by atoms with van der Waals surface area (Å²) in [6, 6.07) is 15.4. The smallest absolute Gasteiger partial charge is 0.261 e. The molecule has 136 valence electrons. The van der Waals surface area contributed by atoms with Crippen molar-refractivity contribution in [3.63, 3.8) is 0 Å². The Balaban J connectivity index is 1.82. The number of anilines is 1. The van der Waals surface area contributed by atoms with Crippen LogP contribution in [0, 0.1) is 6.92 Å². The number of rotatable bonds is 5. The van der Waals surface area contributed by atoms with Crippen molar-refractivity contribution < 1.29 is 14.3 Å². The first kappa shape index (κ1) is 18.6. The zero-order valence-corrected chi connectivity index (χ0v) is 16.0. The molecule has 3 aromatic rings. The van der Waals surface area contributed by atoms with Crippen molar-refractivity contribution in [1.82, 2.24) is 4.98 Å². The summed E-state index contributed by atoms with van der Waals surface area (Å²) in [6.07, 6.45) is 1.55. The number of halogens is 1. The van der Waals surface area contributed by atoms with Crippen LogP contribution in [0.4, 0.5) is 5.69 Å². The predicted octanol–water partition coefficient (Wildman–Crippen LogP) is 4.30. The molecule has 27 heavy (non-hydrogen) atoms. The zero-order valence-electron chi connectivity index (χ0n) is 14.4. The number of nitrogens with zero attached hydrogens (tertiary/aromatic N) is 1. The highest BCUT2D eigenvalue weighted by atomic mass is 79.9. The number of nitrogens with one attached hydrogen (secondary N) is 1. The van der Waals surface area contributed by atoms with Crippen molar-refractivity contribution >= 4 is 33.4 Å². The van der Waals surface area contributed by atoms with Gasteiger partial charge in [0, 0.05) is 21.9 Å². The number of primary amides is 1. The molecule has 6 nitrogen and oxygen atoms in total. The first-order chi connectivity index (χ1) is 12.9. The third-order valence-electron chi connectivity index (χ3n) is 3.79. The normalized spacial score (nSPS) is 10.3. The minimum atomic E-state index is -0.511. The molecule has 3 N–H and O–H groups in total. The molecule has 1 aromatic heterocycles. The Morgan fingerprint density at radius 2 is 1.81 bits per heavy atom. The molecule has 0 atom stereocenters. The lowest BCUT2D eigenvalue weighted by Crippen LogP contribution is -2.15. The summed E-state index contributed by atoms with van der Waals surface area (Å²) in [7, 11) is 0. The molecule has 3 rings (SSSR count). The summed E-state index contributed by atoms with van der Waals surface area (Å²) >= 11 is 3.36. The average molecular weight is 426 g/mol. The van der Waals surface area contributed by atoms with Gasteiger partial charge < -0.3 is 15.8 Å². The SMILES string of the molecule is Cc1cc(NC(=O)c2cccnc2Oc2ccc(Br)cc2)ccc1C(N)=O. The molecule has 0 saturated heterocycles. The molecule has 0 aliphatic carbocycles. The maximum absolute atomic E-state index is 12.7. The van der Waals surface area contributed by atoms with Gasteiger partial charge in [0.2, 0.25) is 11.8 Å². The monoisotopic (exact) mass is 425 g/mol. The average Bonchev–Trinajstić information content (AvgIpc) is 2.64. The summed E-state index contributed by atoms with van der Waals surface area (Å²) in [5, 5.41) is 2.78. The second kappa shape index (κ2) is 8.01. The summed E-state index contributed by atoms with van der Waals surface area (Å²) in [5.74, 6) is -0.125. The van der Waals surface area contributed by atoms with Crippen LogP contribution in [0.1, 0.15) is 26.3 Å². The van der Waals surface area contributed by atoms with Crippen molar-refractivity contribution in [2.75, 3.05) is 5.32 Å². The van der Waals surface area contributed by atoms with E-state index in [1.165, 1.54) is 0 Å². The summed E-state index contributed by atoms with van der Waals surface area (Å²) in [6.45, 7) is 1.75. The van der Waals surface area contributed by atoms with E-state index in [2.05, 4.69) is 26.2 Å². The van der Waals surface area contributed by atoms with E-state index in [0.29, 0.717) is 22.6 Å². The fourth-order valence-electron chi connectivity index (χ4n) is 2.48. The van der Waals surface area contributed by atoms with Gasteiger partial charge >= 0.3 is 0 Å². The van der Waals surface area contributed by atoms with Gasteiger partial charge in [0.05, 0.1) is 0 Å². The second-order valence-corrected chi connectivity index (χ2v) is 6.68. The molecule has 0 fully saturated rings. The molecule has 2 aromatic carbocycles. The van der Waals surface area contributed by atoms with Gasteiger partial charge in [0.1, 0.15) is 11.3 Å². The number of aromatic nitrogens is 1. The van der Waals surface area contributed by atoms with E-state index < -0.39 is 5.91 Å². The lowest BCUT2D eigenvalue weighted by Gasteiger charge is -2.11. The maximum Gasteiger partial charge on any atom is 0.261 e. The summed E-state index contributed by atoms with van der Waals surface area (Å²) in [4.78, 5) is 28.2. The molecule has 1 heterocycles. The van der Waals surface area contributed by atoms with Crippen LogP contribution >= 0.6 is 15.9 Å². The molecule has 0 aliphatic rings. The number of hydrogen-bond donors (Lipinski definition) is 2. The minimum Gasteiger partial charge on any atom is -0.438 e. The molecule has 0 spiro atoms. The number of carbonyl (C=O) groups is 2. The van der Waals surface area contributed by atoms with Gasteiger partial charge in [-0.3, -0.25) is 9.59 Å². The number of hydrogen-bond acceptors (Lipinski definition) is 4. The summed E-state index contributed by atoms with van der Waals surface area (Å²) in [5.41, 5.74) is 7.23. The van der Waals surface area contributed by atoms with Gasteiger partial charge in [-0.1, -0.05) is 15.9 Å². The zero-order chi connectivity index (χ0) is 19.4. The van der Waals surface area contributed by atoms with E-state index in [4.69, 9.17) is 10.5 Å². The molecule has 2 amide bonds. The van der Waals surface area contributed by atoms with Crippen LogP contribution in [0.15, 0.2) is 65.3 Å². The molecular formula is C20H16BrN3O3. The lowest BCUT2D eigenvalue weighted by atomic mass is 10.1. The molecule has 0 bridgehead atoms. The number of pyridine rings is 1. The number of carbonyl (C=O) groups excluding carboxylic acids is 2. The Bertz CT molecular complexity index is 1000. The Morgan fingerprint density at radius 3 is 2.48 bits per heavy atom. The number of amides is 2. The molecule has 0 radical (unpaired) electrons. The van der Waals surface area contributed by atoms with Gasteiger partial charge in [-0.2, -0.15) is 0 Å². The highest BCUT2D eigenvalue weighted by Gasteiger charge is 2.15. The Hall–Kier alpha value is -3.19. The molecular weight excluding hydrogens is 410 g/mol. The Kier molecular flexibility index (Phi) is 5.52. The maximum atomic E-state index is 12.7. The van der Waals surface area contributed by atoms with Crippen molar-refractivity contribution in [1.29, 1.82) is 0 Å². The van der Waals surface area contributed by atoms with Gasteiger partial charge in [-0.05, 0) is 67.1 Å². The highest BCUT2D eigenvalue weighted by Crippen LogP contribution is 2.25. The highest BCUT2D eigenvalue weighted by molar-refractivity contribution is 9.10. The van der Waals surface area contributed by atoms with Crippen LogP contribution in [-0.4, -0.2) is 16.8 Å². The van der Waals surface area contributed by atoms with Crippen LogP contribution in [0.25, 0.3) is 0 Å². The van der Waals surface area contributed by atoms with Crippen LogP contribution in [0.2, 0.25) is 0 Å². The van der Waals surface area contributed by atoms with E-state index in [9.17, 15) is 9.59 Å². The number of nitrogens with two attached hydrogens (primary N) is 1. The number of benzene rings is 2. The van der Waals surface area contributed by atoms with Crippen molar-refractivity contribution in [3.05, 3.63) is 82.0 Å². The topological polar surface area (TPSA) is 94.3 Å². The Morgan fingerprint density at radius 1 is 1.07 bits per heavy atom. The summed E-state index contributed by atoms with van der Waals surface area (Å²) < 4.78 is 6.66. The largest absolute Gasteiger partial charge is 0.438 e. The van der Waals surface area contributed by atoms with Gasteiger partial charge in [0.25, 0.3) is 5.91 Å². The van der Waals surface area contributed by atoms with E-state index in [-0.39, 0.29) is 17.4 Å². The van der Waals surface area contributed by atoms with Gasteiger partial charge in [0.15, 0.2) is 0 Å². The van der Waals surface area contributed by atoms with E-state index >= 15 is 0 Å². The predicted molar refractivity (Wildman–Crippen MR) is 106 cm³/mol. The molecule has 7 heteroatoms. The van der Waals surface area contributed by atoms with Crippen molar-refractivity contribution in [2.24, 2.45) is 5.73 Å². The van der Waals surface area contributed by atoms with E-state index in [1.807, 2.05) is 12.1 Å². The molecule has 0 aliphatic heterocycles. The van der Waals surface area contributed by atoms with Crippen molar-refractivity contribution in [3.8, 4) is 11.6 Å². The van der Waals surface area contributed by atoms with Crippen LogP contribution in [-0.2, 0) is 0 Å².